The number of amides is 3. The molecule has 3 aromatic carbocycles. The van der Waals surface area contributed by atoms with Crippen LogP contribution in [-0.4, -0.2) is 48.0 Å². The Morgan fingerprint density at radius 3 is 2.23 bits per heavy atom. The lowest BCUT2D eigenvalue weighted by Crippen LogP contribution is -2.38. The van der Waals surface area contributed by atoms with Crippen LogP contribution in [0.5, 0.6) is 0 Å². The van der Waals surface area contributed by atoms with E-state index in [0.29, 0.717) is 12.2 Å². The van der Waals surface area contributed by atoms with E-state index in [1.165, 1.54) is 6.92 Å². The summed E-state index contributed by atoms with van der Waals surface area (Å²) in [5, 5.41) is 17.4. The van der Waals surface area contributed by atoms with Crippen molar-refractivity contribution in [1.29, 1.82) is 0 Å². The minimum Gasteiger partial charge on any atom is -0.465 e. The number of nitrogens with one attached hydrogen (secondary N) is 3. The summed E-state index contributed by atoms with van der Waals surface area (Å²) in [4.78, 5) is 35.8. The van der Waals surface area contributed by atoms with Gasteiger partial charge in [0.05, 0.1) is 25.4 Å². The number of benzene rings is 3. The molecule has 0 bridgehead atoms. The Kier molecular flexibility index (Phi) is 12.0. The van der Waals surface area contributed by atoms with Gasteiger partial charge in [-0.2, -0.15) is 0 Å². The fourth-order valence-electron chi connectivity index (χ4n) is 4.45. The zero-order chi connectivity index (χ0) is 30.6. The molecule has 43 heavy (non-hydrogen) atoms. The van der Waals surface area contributed by atoms with Crippen molar-refractivity contribution in [3.8, 4) is 0 Å². The van der Waals surface area contributed by atoms with Crippen LogP contribution >= 0.6 is 11.8 Å². The van der Waals surface area contributed by atoms with E-state index in [4.69, 9.17) is 14.2 Å². The number of ether oxygens (including phenoxy) is 3. The lowest BCUT2D eigenvalue weighted by Gasteiger charge is -2.36. The third-order valence-corrected chi connectivity index (χ3v) is 7.77. The average Bonchev–Trinajstić information content (AvgIpc) is 3.02. The number of aliphatic hydroxyl groups is 1. The minimum absolute atomic E-state index is 0.0220. The highest BCUT2D eigenvalue weighted by atomic mass is 32.2. The number of aliphatic hydroxyl groups excluding tert-OH is 1. The molecule has 11 heteroatoms. The van der Waals surface area contributed by atoms with Crippen LogP contribution in [0.3, 0.4) is 0 Å². The quantitative estimate of drug-likeness (QED) is 0.170. The second-order valence-corrected chi connectivity index (χ2v) is 11.0. The first kappa shape index (κ1) is 32.0. The van der Waals surface area contributed by atoms with Crippen LogP contribution in [0.1, 0.15) is 54.9 Å². The number of urea groups is 1. The van der Waals surface area contributed by atoms with E-state index in [-0.39, 0.29) is 44.4 Å². The van der Waals surface area contributed by atoms with Crippen LogP contribution in [-0.2, 0) is 37.0 Å². The molecule has 4 N–H and O–H groups in total. The zero-order valence-electron chi connectivity index (χ0n) is 24.2. The Bertz CT molecular complexity index is 1350. The summed E-state index contributed by atoms with van der Waals surface area (Å²) < 4.78 is 17.6. The number of hydrogen-bond acceptors (Lipinski definition) is 8. The van der Waals surface area contributed by atoms with Gasteiger partial charge < -0.3 is 35.3 Å². The Hall–Kier alpha value is -3.90. The molecule has 0 aromatic heterocycles. The Morgan fingerprint density at radius 2 is 1.58 bits per heavy atom. The summed E-state index contributed by atoms with van der Waals surface area (Å²) in [6, 6.07) is 22.6. The number of thioether (sulfide) groups is 1. The Morgan fingerprint density at radius 1 is 0.907 bits per heavy atom. The standard InChI is InChI=1S/C32H37N3O7S/c1-3-40-30(38)18-34-32(39)33-17-22-4-10-25(11-5-22)31-41-27(16-29(42-31)24-8-6-23(19-36)7-9-24)20-43-28-14-12-26(13-15-28)35-21(2)37/h4-15,27,29,31,36H,3,16-20H2,1-2H3,(H,35,37)(H2,33,34,39). The molecule has 1 saturated heterocycles. The van der Waals surface area contributed by atoms with E-state index in [1.807, 2.05) is 72.8 Å². The molecule has 0 aliphatic carbocycles. The van der Waals surface area contributed by atoms with Gasteiger partial charge in [0, 0.05) is 41.8 Å². The van der Waals surface area contributed by atoms with E-state index in [0.717, 1.165) is 32.8 Å². The van der Waals surface area contributed by atoms with Gasteiger partial charge in [-0.05, 0) is 47.9 Å². The van der Waals surface area contributed by atoms with Gasteiger partial charge in [0.25, 0.3) is 0 Å². The van der Waals surface area contributed by atoms with E-state index in [2.05, 4.69) is 16.0 Å². The van der Waals surface area contributed by atoms with Crippen LogP contribution in [0.25, 0.3) is 0 Å². The topological polar surface area (TPSA) is 135 Å². The monoisotopic (exact) mass is 607 g/mol. The summed E-state index contributed by atoms with van der Waals surface area (Å²) in [5.41, 5.74) is 4.32. The number of carbonyl (C=O) groups excluding carboxylic acids is 3. The molecule has 3 aromatic rings. The molecule has 0 saturated carbocycles. The number of esters is 1. The first-order valence-corrected chi connectivity index (χ1v) is 15.1. The first-order chi connectivity index (χ1) is 20.8. The van der Waals surface area contributed by atoms with Crippen LogP contribution in [0.4, 0.5) is 10.5 Å². The summed E-state index contributed by atoms with van der Waals surface area (Å²) in [7, 11) is 0. The summed E-state index contributed by atoms with van der Waals surface area (Å²) >= 11 is 1.67. The third kappa shape index (κ3) is 10.1. The van der Waals surface area contributed by atoms with E-state index < -0.39 is 18.3 Å². The third-order valence-electron chi connectivity index (χ3n) is 6.63. The predicted molar refractivity (Wildman–Crippen MR) is 163 cm³/mol. The molecule has 1 aliphatic heterocycles. The Balaban J connectivity index is 1.39. The smallest absolute Gasteiger partial charge is 0.325 e. The molecule has 0 radical (unpaired) electrons. The molecule has 3 amide bonds. The SMILES string of the molecule is CCOC(=O)CNC(=O)NCc1ccc(C2OC(CSc3ccc(NC(C)=O)cc3)CC(c3ccc(CO)cc3)O2)cc1. The largest absolute Gasteiger partial charge is 0.465 e. The first-order valence-electron chi connectivity index (χ1n) is 14.1. The maximum Gasteiger partial charge on any atom is 0.325 e. The molecule has 1 fully saturated rings. The molecule has 3 atom stereocenters. The van der Waals surface area contributed by atoms with Crippen LogP contribution in [0.15, 0.2) is 77.7 Å². The predicted octanol–water partition coefficient (Wildman–Crippen LogP) is 4.84. The molecule has 0 spiro atoms. The molecule has 228 valence electrons. The van der Waals surface area contributed by atoms with E-state index in [1.54, 1.807) is 18.7 Å². The normalized spacial score (nSPS) is 18.0. The van der Waals surface area contributed by atoms with Crippen molar-refractivity contribution in [2.45, 2.75) is 56.8 Å². The highest BCUT2D eigenvalue weighted by molar-refractivity contribution is 7.99. The average molecular weight is 608 g/mol. The molecule has 4 rings (SSSR count). The maximum absolute atomic E-state index is 12.0. The van der Waals surface area contributed by atoms with Gasteiger partial charge in [0.1, 0.15) is 6.54 Å². The maximum atomic E-state index is 12.0. The van der Waals surface area contributed by atoms with E-state index in [9.17, 15) is 19.5 Å². The van der Waals surface area contributed by atoms with Gasteiger partial charge in [-0.1, -0.05) is 48.5 Å². The fourth-order valence-corrected chi connectivity index (χ4v) is 5.37. The molecular weight excluding hydrogens is 570 g/mol. The lowest BCUT2D eigenvalue weighted by atomic mass is 10.0. The summed E-state index contributed by atoms with van der Waals surface area (Å²) in [5.74, 6) is 0.0997. The van der Waals surface area contributed by atoms with Crippen molar-refractivity contribution in [3.05, 3.63) is 95.1 Å². The molecule has 1 aliphatic rings. The van der Waals surface area contributed by atoms with Crippen molar-refractivity contribution in [2.24, 2.45) is 0 Å². The van der Waals surface area contributed by atoms with Crippen molar-refractivity contribution >= 4 is 35.4 Å². The van der Waals surface area contributed by atoms with Crippen LogP contribution in [0.2, 0.25) is 0 Å². The van der Waals surface area contributed by atoms with Crippen molar-refractivity contribution in [1.82, 2.24) is 10.6 Å². The summed E-state index contributed by atoms with van der Waals surface area (Å²) in [6.07, 6.45) is -0.247. The second-order valence-electron chi connectivity index (χ2n) is 9.95. The lowest BCUT2D eigenvalue weighted by molar-refractivity contribution is -0.245. The highest BCUT2D eigenvalue weighted by Gasteiger charge is 2.32. The number of anilines is 1. The minimum atomic E-state index is -0.598. The number of carbonyl (C=O) groups is 3. The molecule has 10 nitrogen and oxygen atoms in total. The molecular formula is C32H37N3O7S. The second kappa shape index (κ2) is 16.1. The molecule has 1 heterocycles. The van der Waals surface area contributed by atoms with Crippen molar-refractivity contribution in [2.75, 3.05) is 24.2 Å². The van der Waals surface area contributed by atoms with E-state index >= 15 is 0 Å². The van der Waals surface area contributed by atoms with Gasteiger partial charge in [0.2, 0.25) is 5.91 Å². The highest BCUT2D eigenvalue weighted by Crippen LogP contribution is 2.39. The fraction of sp³-hybridized carbons (Fsp3) is 0.344. The van der Waals surface area contributed by atoms with Crippen molar-refractivity contribution in [3.63, 3.8) is 0 Å². The van der Waals surface area contributed by atoms with Gasteiger partial charge >= 0.3 is 12.0 Å². The van der Waals surface area contributed by atoms with Gasteiger partial charge in [-0.25, -0.2) is 4.79 Å². The Labute approximate surface area is 255 Å². The van der Waals surface area contributed by atoms with Crippen LogP contribution in [0, 0.1) is 0 Å². The van der Waals surface area contributed by atoms with Gasteiger partial charge in [0.15, 0.2) is 6.29 Å². The van der Waals surface area contributed by atoms with Crippen LogP contribution < -0.4 is 16.0 Å². The summed E-state index contributed by atoms with van der Waals surface area (Å²) in [6.45, 7) is 3.51. The number of hydrogen-bond donors (Lipinski definition) is 4. The zero-order valence-corrected chi connectivity index (χ0v) is 25.0. The van der Waals surface area contributed by atoms with Crippen molar-refractivity contribution < 1.29 is 33.7 Å². The van der Waals surface area contributed by atoms with Gasteiger partial charge in [-0.15, -0.1) is 11.8 Å². The van der Waals surface area contributed by atoms with Gasteiger partial charge in [-0.3, -0.25) is 9.59 Å². The molecule has 3 unspecified atom stereocenters. The number of rotatable bonds is 12.